The van der Waals surface area contributed by atoms with Gasteiger partial charge in [-0.25, -0.2) is 9.18 Å². The fourth-order valence-corrected chi connectivity index (χ4v) is 2.95. The molecule has 0 radical (unpaired) electrons. The third kappa shape index (κ3) is 5.34. The first-order valence-corrected chi connectivity index (χ1v) is 8.24. The maximum atomic E-state index is 13.5. The highest BCUT2D eigenvalue weighted by molar-refractivity contribution is 9.10. The van der Waals surface area contributed by atoms with Crippen LogP contribution < -0.4 is 0 Å². The Kier molecular flexibility index (Phi) is 6.22. The molecule has 1 N–H and O–H groups in total. The molecule has 0 amide bonds. The molecule has 0 fully saturated rings. The lowest BCUT2D eigenvalue weighted by atomic mass is 9.95. The Hall–Kier alpha value is -2.36. The van der Waals surface area contributed by atoms with E-state index >= 15 is 0 Å². The molecule has 0 aliphatic carbocycles. The summed E-state index contributed by atoms with van der Waals surface area (Å²) in [7, 11) is 0. The Bertz CT molecular complexity index is 917. The van der Waals surface area contributed by atoms with E-state index in [4.69, 9.17) is 5.11 Å². The smallest absolute Gasteiger partial charge is 0.416 e. The fraction of sp³-hybridized carbons (Fsp3) is 0.167. The normalized spacial score (nSPS) is 13.7. The van der Waals surface area contributed by atoms with Crippen LogP contribution in [0, 0.1) is 5.82 Å². The Morgan fingerprint density at radius 1 is 1.04 bits per heavy atom. The average molecular weight is 471 g/mol. The lowest BCUT2D eigenvalue weighted by Crippen LogP contribution is -2.20. The number of halogens is 8. The van der Waals surface area contributed by atoms with Crippen LogP contribution in [-0.2, 0) is 6.18 Å². The van der Waals surface area contributed by atoms with Gasteiger partial charge in [0.25, 0.3) is 0 Å². The van der Waals surface area contributed by atoms with Crippen LogP contribution in [0.4, 0.5) is 30.7 Å². The van der Waals surface area contributed by atoms with Gasteiger partial charge in [0.15, 0.2) is 0 Å². The van der Waals surface area contributed by atoms with Gasteiger partial charge < -0.3 is 5.11 Å². The predicted molar refractivity (Wildman–Crippen MR) is 90.3 cm³/mol. The number of carboxylic acids is 1. The summed E-state index contributed by atoms with van der Waals surface area (Å²) in [6.45, 7) is 0. The van der Waals surface area contributed by atoms with Crippen molar-refractivity contribution in [1.82, 2.24) is 0 Å². The van der Waals surface area contributed by atoms with E-state index < -0.39 is 41.2 Å². The number of carboxylic acid groups (broad SMARTS) is 1. The lowest BCUT2D eigenvalue weighted by molar-refractivity contribution is -0.142. The largest absolute Gasteiger partial charge is 0.478 e. The van der Waals surface area contributed by atoms with E-state index in [0.717, 1.165) is 12.1 Å². The first-order chi connectivity index (χ1) is 12.8. The topological polar surface area (TPSA) is 37.3 Å². The quantitative estimate of drug-likeness (QED) is 0.507. The minimum atomic E-state index is -5.01. The second-order valence-corrected chi connectivity index (χ2v) is 6.55. The number of rotatable bonds is 4. The standard InChI is InChI=1S/C18H10BrF7O2/c19-15-5-9(1-3-13(15)16(27)28)2-4-14(18(24,25)26)10-6-11(17(21,22)23)8-12(20)7-10/h1-8,14H,(H,27,28). The zero-order chi connectivity index (χ0) is 21.3. The molecule has 0 aliphatic heterocycles. The zero-order valence-corrected chi connectivity index (χ0v) is 15.2. The molecule has 2 aromatic carbocycles. The minimum Gasteiger partial charge on any atom is -0.478 e. The molecule has 1 unspecified atom stereocenters. The molecule has 150 valence electrons. The van der Waals surface area contributed by atoms with Gasteiger partial charge in [0.1, 0.15) is 5.82 Å². The highest BCUT2D eigenvalue weighted by atomic mass is 79.9. The third-order valence-corrected chi connectivity index (χ3v) is 4.32. The average Bonchev–Trinajstić information content (AvgIpc) is 2.52. The Labute approximate surface area is 162 Å². The van der Waals surface area contributed by atoms with Gasteiger partial charge in [-0.15, -0.1) is 0 Å². The van der Waals surface area contributed by atoms with Crippen LogP contribution in [0.25, 0.3) is 6.08 Å². The van der Waals surface area contributed by atoms with E-state index in [9.17, 15) is 35.5 Å². The van der Waals surface area contributed by atoms with Gasteiger partial charge in [-0.05, 0) is 57.4 Å². The van der Waals surface area contributed by atoms with Crippen molar-refractivity contribution >= 4 is 28.0 Å². The number of allylic oxidation sites excluding steroid dienone is 1. The SMILES string of the molecule is O=C(O)c1ccc(C=CC(c2cc(F)cc(C(F)(F)F)c2)C(F)(F)F)cc1Br. The molecular weight excluding hydrogens is 461 g/mol. The third-order valence-electron chi connectivity index (χ3n) is 3.66. The van der Waals surface area contributed by atoms with E-state index in [1.54, 1.807) is 0 Å². The molecule has 0 aliphatic rings. The molecule has 0 bridgehead atoms. The second kappa shape index (κ2) is 7.94. The Balaban J connectivity index is 2.47. The van der Waals surface area contributed by atoms with Crippen molar-refractivity contribution in [3.8, 4) is 0 Å². The van der Waals surface area contributed by atoms with Crippen LogP contribution in [0.15, 0.2) is 46.9 Å². The van der Waals surface area contributed by atoms with Crippen LogP contribution in [-0.4, -0.2) is 17.3 Å². The fourth-order valence-electron chi connectivity index (χ4n) is 2.38. The molecule has 2 aromatic rings. The van der Waals surface area contributed by atoms with Gasteiger partial charge in [-0.2, -0.15) is 26.3 Å². The summed E-state index contributed by atoms with van der Waals surface area (Å²) in [4.78, 5) is 10.9. The maximum Gasteiger partial charge on any atom is 0.416 e. The minimum absolute atomic E-state index is 0.107. The molecule has 0 heterocycles. The Morgan fingerprint density at radius 2 is 1.68 bits per heavy atom. The molecule has 10 heteroatoms. The van der Waals surface area contributed by atoms with Gasteiger partial charge in [0.05, 0.1) is 17.0 Å². The van der Waals surface area contributed by atoms with Crippen molar-refractivity contribution in [2.45, 2.75) is 18.3 Å². The van der Waals surface area contributed by atoms with E-state index in [0.29, 0.717) is 12.1 Å². The van der Waals surface area contributed by atoms with E-state index in [-0.39, 0.29) is 27.7 Å². The summed E-state index contributed by atoms with van der Waals surface area (Å²) >= 11 is 2.97. The number of hydrogen-bond donors (Lipinski definition) is 1. The van der Waals surface area contributed by atoms with Crippen LogP contribution in [0.1, 0.15) is 33.0 Å². The van der Waals surface area contributed by atoms with Gasteiger partial charge in [-0.3, -0.25) is 0 Å². The second-order valence-electron chi connectivity index (χ2n) is 5.69. The molecule has 0 saturated heterocycles. The molecule has 28 heavy (non-hydrogen) atoms. The first kappa shape index (κ1) is 21.9. The van der Waals surface area contributed by atoms with Gasteiger partial charge in [-0.1, -0.05) is 18.2 Å². The van der Waals surface area contributed by atoms with Crippen molar-refractivity contribution < 1.29 is 40.6 Å². The van der Waals surface area contributed by atoms with Crippen LogP contribution >= 0.6 is 15.9 Å². The lowest BCUT2D eigenvalue weighted by Gasteiger charge is -2.19. The molecular formula is C18H10BrF7O2. The van der Waals surface area contributed by atoms with Crippen LogP contribution in [0.2, 0.25) is 0 Å². The highest BCUT2D eigenvalue weighted by Gasteiger charge is 2.40. The number of aromatic carboxylic acids is 1. The summed E-state index contributed by atoms with van der Waals surface area (Å²) in [5, 5.41) is 8.92. The Morgan fingerprint density at radius 3 is 2.18 bits per heavy atom. The van der Waals surface area contributed by atoms with Crippen molar-refractivity contribution in [3.63, 3.8) is 0 Å². The monoisotopic (exact) mass is 470 g/mol. The van der Waals surface area contributed by atoms with E-state index in [1.165, 1.54) is 12.1 Å². The molecule has 0 saturated carbocycles. The summed E-state index contributed by atoms with van der Waals surface area (Å²) < 4.78 is 92.1. The van der Waals surface area contributed by atoms with Crippen molar-refractivity contribution in [1.29, 1.82) is 0 Å². The maximum absolute atomic E-state index is 13.5. The molecule has 2 nitrogen and oxygen atoms in total. The zero-order valence-electron chi connectivity index (χ0n) is 13.6. The molecule has 0 spiro atoms. The number of alkyl halides is 6. The predicted octanol–water partition coefficient (Wildman–Crippen LogP) is 6.66. The molecule has 2 rings (SSSR count). The van der Waals surface area contributed by atoms with Gasteiger partial charge in [0, 0.05) is 4.47 Å². The van der Waals surface area contributed by atoms with Gasteiger partial charge >= 0.3 is 18.3 Å². The highest BCUT2D eigenvalue weighted by Crippen LogP contribution is 2.39. The van der Waals surface area contributed by atoms with Crippen molar-refractivity contribution in [2.24, 2.45) is 0 Å². The van der Waals surface area contributed by atoms with E-state index in [2.05, 4.69) is 15.9 Å². The number of carbonyl (C=O) groups is 1. The van der Waals surface area contributed by atoms with Crippen LogP contribution in [0.3, 0.4) is 0 Å². The van der Waals surface area contributed by atoms with Crippen molar-refractivity contribution in [3.05, 3.63) is 75.0 Å². The summed E-state index contributed by atoms with van der Waals surface area (Å²) in [6.07, 6.45) is -8.44. The van der Waals surface area contributed by atoms with E-state index in [1.807, 2.05) is 0 Å². The summed E-state index contributed by atoms with van der Waals surface area (Å²) in [5.41, 5.74) is -2.39. The molecule has 0 aromatic heterocycles. The number of hydrogen-bond acceptors (Lipinski definition) is 1. The number of benzene rings is 2. The first-order valence-electron chi connectivity index (χ1n) is 7.44. The van der Waals surface area contributed by atoms with Gasteiger partial charge in [0.2, 0.25) is 0 Å². The summed E-state index contributed by atoms with van der Waals surface area (Å²) in [6, 6.07) is 4.36. The van der Waals surface area contributed by atoms with Crippen LogP contribution in [0.5, 0.6) is 0 Å². The van der Waals surface area contributed by atoms with Crippen molar-refractivity contribution in [2.75, 3.05) is 0 Å². The molecule has 1 atom stereocenters. The summed E-state index contributed by atoms with van der Waals surface area (Å²) in [5.74, 6) is -5.20.